The standard InChI is InChI=1S/C21H27F2N3O2/c1-3-24-21(25-14-18(27)13-16-7-5-4-6-8-16)26(2)15-17-9-11-19(12-10-17)28-20(22)23/h4-12,18,20,27H,3,13-15H2,1-2H3,(H,24,25). The molecule has 0 aliphatic rings. The first-order valence-electron chi connectivity index (χ1n) is 9.23. The largest absolute Gasteiger partial charge is 0.435 e. The molecule has 0 radical (unpaired) electrons. The van der Waals surface area contributed by atoms with E-state index in [1.165, 1.54) is 12.1 Å². The predicted octanol–water partition coefficient (Wildman–Crippen LogP) is 3.29. The van der Waals surface area contributed by atoms with E-state index >= 15 is 0 Å². The van der Waals surface area contributed by atoms with Gasteiger partial charge in [-0.1, -0.05) is 42.5 Å². The second kappa shape index (κ2) is 11.2. The molecule has 0 bridgehead atoms. The molecule has 0 fully saturated rings. The van der Waals surface area contributed by atoms with E-state index in [9.17, 15) is 13.9 Å². The van der Waals surface area contributed by atoms with Gasteiger partial charge in [-0.2, -0.15) is 8.78 Å². The Morgan fingerprint density at radius 3 is 2.39 bits per heavy atom. The number of nitrogens with one attached hydrogen (secondary N) is 1. The highest BCUT2D eigenvalue weighted by atomic mass is 19.3. The van der Waals surface area contributed by atoms with Crippen molar-refractivity contribution in [1.29, 1.82) is 0 Å². The summed E-state index contributed by atoms with van der Waals surface area (Å²) in [5, 5.41) is 13.5. The van der Waals surface area contributed by atoms with Gasteiger partial charge >= 0.3 is 6.61 Å². The van der Waals surface area contributed by atoms with Crippen LogP contribution in [0.4, 0.5) is 8.78 Å². The van der Waals surface area contributed by atoms with Crippen LogP contribution in [0.3, 0.4) is 0 Å². The first-order chi connectivity index (χ1) is 13.5. The lowest BCUT2D eigenvalue weighted by atomic mass is 10.1. The fourth-order valence-corrected chi connectivity index (χ4v) is 2.74. The summed E-state index contributed by atoms with van der Waals surface area (Å²) < 4.78 is 28.8. The molecule has 0 spiro atoms. The van der Waals surface area contributed by atoms with Crippen molar-refractivity contribution in [2.75, 3.05) is 20.1 Å². The molecule has 152 valence electrons. The molecule has 0 aliphatic heterocycles. The fourth-order valence-electron chi connectivity index (χ4n) is 2.74. The van der Waals surface area contributed by atoms with Crippen molar-refractivity contribution in [2.24, 2.45) is 4.99 Å². The number of aliphatic imine (C=N–C) groups is 1. The molecule has 2 aromatic rings. The molecule has 7 heteroatoms. The summed E-state index contributed by atoms with van der Waals surface area (Å²) >= 11 is 0. The molecule has 28 heavy (non-hydrogen) atoms. The van der Waals surface area contributed by atoms with Crippen LogP contribution in [0.15, 0.2) is 59.6 Å². The number of hydrogen-bond donors (Lipinski definition) is 2. The van der Waals surface area contributed by atoms with E-state index in [2.05, 4.69) is 15.0 Å². The van der Waals surface area contributed by atoms with Gasteiger partial charge in [-0.3, -0.25) is 4.99 Å². The third kappa shape index (κ3) is 7.52. The SMILES string of the molecule is CCNC(=NCC(O)Cc1ccccc1)N(C)Cc1ccc(OC(F)F)cc1. The second-order valence-electron chi connectivity index (χ2n) is 6.42. The van der Waals surface area contributed by atoms with Crippen LogP contribution >= 0.6 is 0 Å². The highest BCUT2D eigenvalue weighted by Crippen LogP contribution is 2.15. The van der Waals surface area contributed by atoms with E-state index in [4.69, 9.17) is 0 Å². The molecular formula is C21H27F2N3O2. The molecule has 0 heterocycles. The maximum absolute atomic E-state index is 12.2. The number of aliphatic hydroxyl groups is 1. The number of nitrogens with zero attached hydrogens (tertiary/aromatic N) is 2. The molecule has 0 saturated carbocycles. The topological polar surface area (TPSA) is 57.1 Å². The van der Waals surface area contributed by atoms with Crippen LogP contribution in [-0.2, 0) is 13.0 Å². The zero-order chi connectivity index (χ0) is 20.4. The van der Waals surface area contributed by atoms with Crippen molar-refractivity contribution < 1.29 is 18.6 Å². The van der Waals surface area contributed by atoms with Crippen LogP contribution in [0.1, 0.15) is 18.1 Å². The number of hydrogen-bond acceptors (Lipinski definition) is 3. The Morgan fingerprint density at radius 1 is 1.11 bits per heavy atom. The Labute approximate surface area is 164 Å². The van der Waals surface area contributed by atoms with Gasteiger partial charge in [0.05, 0.1) is 12.6 Å². The van der Waals surface area contributed by atoms with Gasteiger partial charge in [0, 0.05) is 26.6 Å². The van der Waals surface area contributed by atoms with E-state index in [0.29, 0.717) is 25.5 Å². The zero-order valence-electron chi connectivity index (χ0n) is 16.2. The zero-order valence-corrected chi connectivity index (χ0v) is 16.2. The summed E-state index contributed by atoms with van der Waals surface area (Å²) in [5.41, 5.74) is 1.99. The minimum atomic E-state index is -2.83. The number of halogens is 2. The fraction of sp³-hybridized carbons (Fsp3) is 0.381. The Bertz CT molecular complexity index is 724. The molecule has 0 aliphatic carbocycles. The Hall–Kier alpha value is -2.67. The van der Waals surface area contributed by atoms with Gasteiger partial charge < -0.3 is 20.1 Å². The van der Waals surface area contributed by atoms with Crippen molar-refractivity contribution in [3.8, 4) is 5.75 Å². The molecule has 2 aromatic carbocycles. The molecule has 2 N–H and O–H groups in total. The summed E-state index contributed by atoms with van der Waals surface area (Å²) in [6.45, 7) is 0.654. The van der Waals surface area contributed by atoms with Crippen molar-refractivity contribution in [1.82, 2.24) is 10.2 Å². The first kappa shape index (κ1) is 21.6. The Balaban J connectivity index is 1.94. The van der Waals surface area contributed by atoms with Gasteiger partial charge in [0.2, 0.25) is 0 Å². The average molecular weight is 391 g/mol. The summed E-state index contributed by atoms with van der Waals surface area (Å²) in [6, 6.07) is 16.3. The predicted molar refractivity (Wildman–Crippen MR) is 107 cm³/mol. The minimum absolute atomic E-state index is 0.131. The van der Waals surface area contributed by atoms with Crippen molar-refractivity contribution in [3.63, 3.8) is 0 Å². The molecule has 2 rings (SSSR count). The third-order valence-electron chi connectivity index (χ3n) is 4.03. The third-order valence-corrected chi connectivity index (χ3v) is 4.03. The summed E-state index contributed by atoms with van der Waals surface area (Å²) in [5.74, 6) is 0.800. The van der Waals surface area contributed by atoms with Crippen LogP contribution in [0, 0.1) is 0 Å². The van der Waals surface area contributed by atoms with Crippen molar-refractivity contribution >= 4 is 5.96 Å². The van der Waals surface area contributed by atoms with E-state index in [1.807, 2.05) is 49.2 Å². The average Bonchev–Trinajstić information content (AvgIpc) is 2.67. The van der Waals surface area contributed by atoms with Gasteiger partial charge in [-0.25, -0.2) is 0 Å². The van der Waals surface area contributed by atoms with E-state index < -0.39 is 12.7 Å². The summed E-state index contributed by atoms with van der Waals surface area (Å²) in [6.07, 6.45) is -0.0331. The van der Waals surface area contributed by atoms with Crippen LogP contribution in [0.5, 0.6) is 5.75 Å². The van der Waals surface area contributed by atoms with Crippen LogP contribution < -0.4 is 10.1 Å². The van der Waals surface area contributed by atoms with Crippen LogP contribution in [0.25, 0.3) is 0 Å². The Kier molecular flexibility index (Phi) is 8.68. The molecule has 0 aromatic heterocycles. The van der Waals surface area contributed by atoms with Gasteiger partial charge in [-0.05, 0) is 30.2 Å². The number of guanidine groups is 1. The molecule has 1 unspecified atom stereocenters. The van der Waals surface area contributed by atoms with Gasteiger partial charge in [0.1, 0.15) is 5.75 Å². The molecule has 1 atom stereocenters. The summed E-state index contributed by atoms with van der Waals surface area (Å²) in [7, 11) is 1.88. The highest BCUT2D eigenvalue weighted by Gasteiger charge is 2.10. The second-order valence-corrected chi connectivity index (χ2v) is 6.42. The maximum atomic E-state index is 12.2. The smallest absolute Gasteiger partial charge is 0.387 e. The monoisotopic (exact) mass is 391 g/mol. The van der Waals surface area contributed by atoms with Gasteiger partial charge in [0.25, 0.3) is 0 Å². The molecular weight excluding hydrogens is 364 g/mol. The maximum Gasteiger partial charge on any atom is 0.387 e. The first-order valence-corrected chi connectivity index (χ1v) is 9.23. The summed E-state index contributed by atoms with van der Waals surface area (Å²) in [4.78, 5) is 6.44. The number of aliphatic hydroxyl groups excluding tert-OH is 1. The van der Waals surface area contributed by atoms with Crippen LogP contribution in [-0.4, -0.2) is 48.8 Å². The number of benzene rings is 2. The highest BCUT2D eigenvalue weighted by molar-refractivity contribution is 5.79. The molecule has 0 amide bonds. The van der Waals surface area contributed by atoms with Gasteiger partial charge in [-0.15, -0.1) is 0 Å². The van der Waals surface area contributed by atoms with E-state index in [-0.39, 0.29) is 12.3 Å². The quantitative estimate of drug-likeness (QED) is 0.509. The van der Waals surface area contributed by atoms with E-state index in [0.717, 1.165) is 11.1 Å². The van der Waals surface area contributed by atoms with Crippen molar-refractivity contribution in [2.45, 2.75) is 32.6 Å². The number of alkyl halides is 2. The normalized spacial score (nSPS) is 12.7. The van der Waals surface area contributed by atoms with E-state index in [1.54, 1.807) is 12.1 Å². The Morgan fingerprint density at radius 2 is 1.79 bits per heavy atom. The number of ether oxygens (including phenoxy) is 1. The van der Waals surface area contributed by atoms with Gasteiger partial charge in [0.15, 0.2) is 5.96 Å². The lowest BCUT2D eigenvalue weighted by Crippen LogP contribution is -2.39. The number of rotatable bonds is 9. The minimum Gasteiger partial charge on any atom is -0.435 e. The molecule has 5 nitrogen and oxygen atoms in total. The molecule has 0 saturated heterocycles. The lowest BCUT2D eigenvalue weighted by Gasteiger charge is -2.23. The lowest BCUT2D eigenvalue weighted by molar-refractivity contribution is -0.0498. The van der Waals surface area contributed by atoms with Crippen LogP contribution in [0.2, 0.25) is 0 Å². The van der Waals surface area contributed by atoms with Crippen molar-refractivity contribution in [3.05, 3.63) is 65.7 Å².